The van der Waals surface area contributed by atoms with Crippen LogP contribution in [-0.2, 0) is 6.42 Å². The van der Waals surface area contributed by atoms with Gasteiger partial charge in [-0.25, -0.2) is 0 Å². The van der Waals surface area contributed by atoms with Crippen LogP contribution in [-0.4, -0.2) is 13.4 Å². The lowest BCUT2D eigenvalue weighted by Crippen LogP contribution is -2.64. The molecular formula is C103H65B2N5OS2. The predicted octanol–water partition coefficient (Wildman–Crippen LogP) is 24.8. The van der Waals surface area contributed by atoms with Crippen LogP contribution in [0.5, 0.6) is 11.5 Å². The molecule has 0 saturated carbocycles. The molecule has 19 aromatic rings. The van der Waals surface area contributed by atoms with Crippen molar-refractivity contribution in [2.75, 3.05) is 24.5 Å². The van der Waals surface area contributed by atoms with E-state index in [0.717, 1.165) is 136 Å². The number of benzene rings is 17. The van der Waals surface area contributed by atoms with E-state index >= 15 is 0 Å². The Bertz CT molecular complexity index is 7040. The van der Waals surface area contributed by atoms with E-state index in [1.54, 1.807) is 0 Å². The summed E-state index contributed by atoms with van der Waals surface area (Å²) in [6, 6.07) is 143. The molecule has 17 aromatic carbocycles. The second-order valence-corrected chi connectivity index (χ2v) is 32.2. The highest BCUT2D eigenvalue weighted by Crippen LogP contribution is 2.58. The van der Waals surface area contributed by atoms with Gasteiger partial charge in [0.2, 0.25) is 0 Å². The van der Waals surface area contributed by atoms with Crippen molar-refractivity contribution in [2.24, 2.45) is 0 Å². The van der Waals surface area contributed by atoms with Crippen LogP contribution in [0.4, 0.5) is 85.3 Å². The van der Waals surface area contributed by atoms with Crippen molar-refractivity contribution in [3.63, 3.8) is 0 Å². The summed E-state index contributed by atoms with van der Waals surface area (Å²) in [5.41, 5.74) is 33.0. The van der Waals surface area contributed by atoms with Gasteiger partial charge in [-0.15, -0.1) is 22.7 Å². The average Bonchev–Trinajstić information content (AvgIpc) is 1.37. The molecule has 1 aliphatic carbocycles. The van der Waals surface area contributed by atoms with E-state index in [4.69, 9.17) is 4.74 Å². The average molecular weight is 1470 g/mol. The molecule has 0 spiro atoms. The van der Waals surface area contributed by atoms with Crippen LogP contribution < -0.4 is 62.0 Å². The van der Waals surface area contributed by atoms with Gasteiger partial charge in [0, 0.05) is 110 Å². The maximum absolute atomic E-state index is 7.66. The van der Waals surface area contributed by atoms with Gasteiger partial charge in [-0.3, -0.25) is 0 Å². The van der Waals surface area contributed by atoms with Gasteiger partial charge in [0.05, 0.1) is 38.8 Å². The first-order valence-electron chi connectivity index (χ1n) is 38.9. The first-order chi connectivity index (χ1) is 56.1. The van der Waals surface area contributed by atoms with Crippen LogP contribution >= 0.6 is 22.7 Å². The summed E-state index contributed by atoms with van der Waals surface area (Å²) in [6.45, 7) is -0.578. The number of para-hydroxylation sites is 6. The van der Waals surface area contributed by atoms with E-state index in [0.29, 0.717) is 0 Å². The number of ether oxygens (including phenoxy) is 1. The summed E-state index contributed by atoms with van der Waals surface area (Å²) in [4.78, 5) is 13.0. The highest BCUT2D eigenvalue weighted by atomic mass is 32.1. The molecule has 0 bridgehead atoms. The maximum atomic E-state index is 7.66. The molecule has 0 N–H and O–H groups in total. The number of nitrogens with zero attached hydrogens (tertiary/aromatic N) is 5. The molecular weight excluding hydrogens is 1410 g/mol. The Kier molecular flexibility index (Phi) is 14.3. The van der Waals surface area contributed by atoms with Crippen molar-refractivity contribution in [3.8, 4) is 44.9 Å². The lowest BCUT2D eigenvalue weighted by molar-refractivity contribution is 0.487. The first kappa shape index (κ1) is 64.0. The molecule has 0 unspecified atom stereocenters. The van der Waals surface area contributed by atoms with Crippen molar-refractivity contribution in [2.45, 2.75) is 6.42 Å². The Labute approximate surface area is 663 Å². The second kappa shape index (κ2) is 25.3. The normalized spacial score (nSPS) is 13.1. The van der Waals surface area contributed by atoms with Gasteiger partial charge in [0.1, 0.15) is 11.5 Å². The van der Waals surface area contributed by atoms with Crippen LogP contribution in [0.1, 0.15) is 11.1 Å². The summed E-state index contributed by atoms with van der Waals surface area (Å²) < 4.78 is 12.6. The highest BCUT2D eigenvalue weighted by molar-refractivity contribution is 7.26. The van der Waals surface area contributed by atoms with Crippen LogP contribution in [0.2, 0.25) is 0 Å². The third kappa shape index (κ3) is 9.74. The number of fused-ring (bicyclic) bond motifs is 17. The summed E-state index contributed by atoms with van der Waals surface area (Å²) in [6.07, 6.45) is 0.861. The molecule has 4 aliphatic heterocycles. The minimum absolute atomic E-state index is 0.286. The Morgan fingerprint density at radius 1 is 0.283 bits per heavy atom. The molecule has 0 atom stereocenters. The number of anilines is 15. The lowest BCUT2D eigenvalue weighted by Gasteiger charge is -2.47. The van der Waals surface area contributed by atoms with E-state index in [9.17, 15) is 0 Å². The van der Waals surface area contributed by atoms with Gasteiger partial charge in [0.15, 0.2) is 0 Å². The topological polar surface area (TPSA) is 25.4 Å². The zero-order valence-corrected chi connectivity index (χ0v) is 62.8. The molecule has 24 rings (SSSR count). The lowest BCUT2D eigenvalue weighted by atomic mass is 9.30. The Hall–Kier alpha value is -13.9. The standard InChI is InChI=1S/C103H65B2N5OS2/c1-6-30-65(31-7-1)75-45-27-46-76(66-32-8-2-9-33-66)102(75)110-89-64-88-82(63-83(89)104-80-48-20-22-50-84(80)108(85-51-26-35-68-58-67-34-16-17-42-74(67)98(68)85)90-59-72(60-91(110)100(90)104)106(69-36-10-3-11-37-69)70-38-12-4-13-39-70)105-81-49-21-23-54-93(81)111-94-62-73(61-92(101(94)105)109(88)86-52-29-57-97-99(86)79-44-19-25-56-96(79)112-97)107(71-40-14-5-15-41-71)87-53-28-47-78-77-43-18-24-55-95(77)113-103(78)87/h1-57,59-64H,58H2. The Morgan fingerprint density at radius 3 is 1.50 bits per heavy atom. The predicted molar refractivity (Wildman–Crippen MR) is 481 cm³/mol. The number of hydrogen-bond donors (Lipinski definition) is 0. The van der Waals surface area contributed by atoms with Gasteiger partial charge in [-0.1, -0.05) is 267 Å². The molecule has 0 fully saturated rings. The Balaban J connectivity index is 0.862. The van der Waals surface area contributed by atoms with Gasteiger partial charge in [0.25, 0.3) is 13.4 Å². The van der Waals surface area contributed by atoms with E-state index in [1.807, 2.05) is 22.7 Å². The first-order valence-corrected chi connectivity index (χ1v) is 40.5. The molecule has 0 amide bonds. The summed E-state index contributed by atoms with van der Waals surface area (Å²) in [5.74, 6) is 1.67. The fraction of sp³-hybridized carbons (Fsp3) is 0.00971. The summed E-state index contributed by atoms with van der Waals surface area (Å²) in [7, 11) is 0. The third-order valence-electron chi connectivity index (χ3n) is 24.0. The SMILES string of the molecule is c1ccc(-c2cccc(-c3ccccc3)c2N2c3cc4c(cc3B3c5ccccc5N(c5cccc6c5-c5ccccc5C6)c5cc(N(c6ccccc6)c6ccccc6)cc2c53)B2c3ccccc3Oc3cc(N(c5ccccc5)c5cccc6c5sc5ccccc56)cc(c32)N4c2cccc3sc4ccccc4c23)cc1. The van der Waals surface area contributed by atoms with Crippen LogP contribution in [0.25, 0.3) is 73.7 Å². The van der Waals surface area contributed by atoms with Crippen molar-refractivity contribution < 1.29 is 4.74 Å². The molecule has 10 heteroatoms. The fourth-order valence-electron chi connectivity index (χ4n) is 19.4. The smallest absolute Gasteiger partial charge is 0.256 e. The zero-order chi connectivity index (χ0) is 73.9. The molecule has 6 heterocycles. The van der Waals surface area contributed by atoms with Gasteiger partial charge < -0.3 is 29.2 Å². The molecule has 0 radical (unpaired) electrons. The molecule has 526 valence electrons. The minimum Gasteiger partial charge on any atom is -0.458 e. The van der Waals surface area contributed by atoms with Crippen LogP contribution in [0.3, 0.4) is 0 Å². The molecule has 113 heavy (non-hydrogen) atoms. The maximum Gasteiger partial charge on any atom is 0.256 e. The molecule has 5 aliphatic rings. The summed E-state index contributed by atoms with van der Waals surface area (Å²) >= 11 is 3.72. The van der Waals surface area contributed by atoms with Gasteiger partial charge in [-0.2, -0.15) is 0 Å². The number of hydrogen-bond acceptors (Lipinski definition) is 8. The van der Waals surface area contributed by atoms with Crippen molar-refractivity contribution in [1.29, 1.82) is 0 Å². The van der Waals surface area contributed by atoms with Crippen molar-refractivity contribution in [1.82, 2.24) is 0 Å². The zero-order valence-electron chi connectivity index (χ0n) is 61.2. The van der Waals surface area contributed by atoms with Gasteiger partial charge in [-0.05, 0) is 176 Å². The monoisotopic (exact) mass is 1470 g/mol. The van der Waals surface area contributed by atoms with Crippen LogP contribution in [0, 0.1) is 0 Å². The van der Waals surface area contributed by atoms with E-state index in [1.165, 1.54) is 84.4 Å². The molecule has 2 aromatic heterocycles. The number of thiophene rings is 2. The van der Waals surface area contributed by atoms with E-state index in [2.05, 4.69) is 407 Å². The summed E-state index contributed by atoms with van der Waals surface area (Å²) in [5, 5.41) is 4.91. The third-order valence-corrected chi connectivity index (χ3v) is 26.4. The van der Waals surface area contributed by atoms with Crippen molar-refractivity contribution >= 4 is 195 Å². The van der Waals surface area contributed by atoms with Crippen molar-refractivity contribution in [3.05, 3.63) is 393 Å². The quantitative estimate of drug-likeness (QED) is 0.120. The van der Waals surface area contributed by atoms with E-state index in [-0.39, 0.29) is 13.4 Å². The molecule has 6 nitrogen and oxygen atoms in total. The van der Waals surface area contributed by atoms with Gasteiger partial charge >= 0.3 is 0 Å². The minimum atomic E-state index is -0.292. The largest absolute Gasteiger partial charge is 0.458 e. The Morgan fingerprint density at radius 2 is 0.770 bits per heavy atom. The fourth-order valence-corrected chi connectivity index (χ4v) is 21.8. The highest BCUT2D eigenvalue weighted by Gasteiger charge is 2.50. The number of rotatable bonds is 11. The van der Waals surface area contributed by atoms with Crippen LogP contribution in [0.15, 0.2) is 382 Å². The second-order valence-electron chi connectivity index (χ2n) is 30.1. The molecule has 0 saturated heterocycles. The van der Waals surface area contributed by atoms with E-state index < -0.39 is 0 Å².